The van der Waals surface area contributed by atoms with Gasteiger partial charge in [-0.1, -0.05) is 334 Å². The Hall–Kier alpha value is -0.910. The Balaban J connectivity index is 3.42. The molecule has 0 aliphatic heterocycles. The van der Waals surface area contributed by atoms with E-state index in [0.717, 1.165) is 32.1 Å². The van der Waals surface area contributed by atoms with Crippen molar-refractivity contribution < 1.29 is 20.1 Å². The number of rotatable bonds is 60. The van der Waals surface area contributed by atoms with Crippen molar-refractivity contribution in [1.82, 2.24) is 5.32 Å². The van der Waals surface area contributed by atoms with E-state index in [1.165, 1.54) is 308 Å². The fraction of sp³-hybridized carbons (Fsp3) is 0.953. The second-order valence-electron chi connectivity index (χ2n) is 22.3. The van der Waals surface area contributed by atoms with Gasteiger partial charge in [0, 0.05) is 6.42 Å². The minimum absolute atomic E-state index is 0.137. The summed E-state index contributed by atoms with van der Waals surface area (Å²) in [5.74, 6) is -0.137. The molecule has 0 rings (SSSR count). The molecule has 0 saturated heterocycles. The molecule has 4 N–H and O–H groups in total. The van der Waals surface area contributed by atoms with Gasteiger partial charge in [-0.15, -0.1) is 0 Å². The molecule has 3 unspecified atom stereocenters. The van der Waals surface area contributed by atoms with E-state index in [-0.39, 0.29) is 12.5 Å². The first-order valence-electron chi connectivity index (χ1n) is 32.0. The minimum Gasteiger partial charge on any atom is -0.394 e. The molecule has 0 fully saturated rings. The molecular formula is C64H127NO4. The lowest BCUT2D eigenvalue weighted by atomic mass is 9.99. The van der Waals surface area contributed by atoms with Gasteiger partial charge in [0.15, 0.2) is 0 Å². The van der Waals surface area contributed by atoms with Crippen LogP contribution in [0.4, 0.5) is 0 Å². The topological polar surface area (TPSA) is 89.8 Å². The molecule has 0 aliphatic rings. The Kier molecular flexibility index (Phi) is 58.9. The predicted molar refractivity (Wildman–Crippen MR) is 305 cm³/mol. The van der Waals surface area contributed by atoms with Crippen LogP contribution in [0.1, 0.15) is 367 Å². The van der Waals surface area contributed by atoms with Gasteiger partial charge in [-0.3, -0.25) is 4.79 Å². The average Bonchev–Trinajstić information content (AvgIpc) is 3.35. The summed E-state index contributed by atoms with van der Waals surface area (Å²) in [5.41, 5.74) is 0. The number of hydrogen-bond acceptors (Lipinski definition) is 4. The highest BCUT2D eigenvalue weighted by Crippen LogP contribution is 2.19. The summed E-state index contributed by atoms with van der Waals surface area (Å²) in [7, 11) is 0. The lowest BCUT2D eigenvalue weighted by Gasteiger charge is -2.26. The molecule has 0 saturated carbocycles. The van der Waals surface area contributed by atoms with Gasteiger partial charge >= 0.3 is 0 Å². The molecule has 1 amide bonds. The van der Waals surface area contributed by atoms with E-state index in [2.05, 4.69) is 31.3 Å². The SMILES string of the molecule is CCCCCCCCCCCCCCCCCCCC/C=C\CCCCCCCCCCCCCCCCCCCC(=O)NC(CO)C(O)C(O)CCCCCCCCCCCCCCCCCC. The fourth-order valence-corrected chi connectivity index (χ4v) is 10.5. The molecule has 412 valence electrons. The molecule has 0 aromatic carbocycles. The van der Waals surface area contributed by atoms with Crippen LogP contribution in [0.2, 0.25) is 0 Å². The molecule has 0 spiro atoms. The van der Waals surface area contributed by atoms with E-state index >= 15 is 0 Å². The quantitative estimate of drug-likeness (QED) is 0.0361. The third kappa shape index (κ3) is 54.7. The molecule has 0 aromatic heterocycles. The van der Waals surface area contributed by atoms with Gasteiger partial charge in [-0.2, -0.15) is 0 Å². The zero-order valence-electron chi connectivity index (χ0n) is 47.2. The van der Waals surface area contributed by atoms with Crippen molar-refractivity contribution in [2.24, 2.45) is 0 Å². The number of unbranched alkanes of at least 4 members (excludes halogenated alkanes) is 50. The van der Waals surface area contributed by atoms with Crippen molar-refractivity contribution in [3.05, 3.63) is 12.2 Å². The first-order valence-corrected chi connectivity index (χ1v) is 32.0. The van der Waals surface area contributed by atoms with Crippen molar-refractivity contribution in [3.63, 3.8) is 0 Å². The van der Waals surface area contributed by atoms with Gasteiger partial charge in [0.25, 0.3) is 0 Å². The van der Waals surface area contributed by atoms with Gasteiger partial charge in [0.2, 0.25) is 5.91 Å². The summed E-state index contributed by atoms with van der Waals surface area (Å²) in [6.07, 6.45) is 75.6. The minimum atomic E-state index is -1.13. The van der Waals surface area contributed by atoms with Gasteiger partial charge in [-0.25, -0.2) is 0 Å². The summed E-state index contributed by atoms with van der Waals surface area (Å²) < 4.78 is 0. The first-order chi connectivity index (χ1) is 34.1. The predicted octanol–water partition coefficient (Wildman–Crippen LogP) is 20.2. The Bertz CT molecular complexity index is 987. The number of nitrogens with one attached hydrogen (secondary N) is 1. The molecule has 0 bridgehead atoms. The van der Waals surface area contributed by atoms with Gasteiger partial charge in [0.05, 0.1) is 18.8 Å². The molecule has 0 aliphatic carbocycles. The summed E-state index contributed by atoms with van der Waals surface area (Å²) in [6, 6.07) is -0.806. The number of carbonyl (C=O) groups excluding carboxylic acids is 1. The standard InChI is InChI=1S/C64H127NO4/c1-3-5-7-9-11-13-15-17-19-21-22-23-24-25-26-27-28-29-30-31-32-33-34-35-36-37-38-39-40-41-42-43-45-47-49-51-53-55-57-59-63(68)65-61(60-66)64(69)62(67)58-56-54-52-50-48-46-44-20-18-16-14-12-10-8-6-4-2/h31-32,61-62,64,66-67,69H,3-30,33-60H2,1-2H3,(H,65,68)/b32-31-. The van der Waals surface area contributed by atoms with Crippen LogP contribution >= 0.6 is 0 Å². The highest BCUT2D eigenvalue weighted by Gasteiger charge is 2.26. The van der Waals surface area contributed by atoms with Crippen LogP contribution in [0.3, 0.4) is 0 Å². The van der Waals surface area contributed by atoms with E-state index in [0.29, 0.717) is 12.8 Å². The van der Waals surface area contributed by atoms with Crippen LogP contribution in [-0.2, 0) is 4.79 Å². The van der Waals surface area contributed by atoms with E-state index in [1.807, 2.05) is 0 Å². The van der Waals surface area contributed by atoms with Crippen LogP contribution in [0.25, 0.3) is 0 Å². The van der Waals surface area contributed by atoms with Crippen LogP contribution < -0.4 is 5.32 Å². The zero-order chi connectivity index (χ0) is 50.0. The number of aliphatic hydroxyl groups is 3. The molecule has 0 heterocycles. The Morgan fingerprint density at radius 1 is 0.348 bits per heavy atom. The maximum Gasteiger partial charge on any atom is 0.220 e. The summed E-state index contributed by atoms with van der Waals surface area (Å²) in [5, 5.41) is 33.8. The van der Waals surface area contributed by atoms with Crippen LogP contribution in [0.5, 0.6) is 0 Å². The Morgan fingerprint density at radius 2 is 0.580 bits per heavy atom. The monoisotopic (exact) mass is 974 g/mol. The number of aliphatic hydroxyl groups excluding tert-OH is 3. The second kappa shape index (κ2) is 59.7. The van der Waals surface area contributed by atoms with E-state index < -0.39 is 18.2 Å². The normalized spacial score (nSPS) is 13.2. The maximum atomic E-state index is 12.5. The highest BCUT2D eigenvalue weighted by atomic mass is 16.3. The van der Waals surface area contributed by atoms with Crippen LogP contribution in [-0.4, -0.2) is 46.1 Å². The van der Waals surface area contributed by atoms with Crippen LogP contribution in [0, 0.1) is 0 Å². The maximum absolute atomic E-state index is 12.5. The van der Waals surface area contributed by atoms with Gasteiger partial charge in [0.1, 0.15) is 6.10 Å². The number of amides is 1. The van der Waals surface area contributed by atoms with Gasteiger partial charge < -0.3 is 20.6 Å². The van der Waals surface area contributed by atoms with Crippen molar-refractivity contribution in [3.8, 4) is 0 Å². The van der Waals surface area contributed by atoms with Crippen molar-refractivity contribution >= 4 is 5.91 Å². The molecule has 0 aromatic rings. The molecule has 5 heteroatoms. The second-order valence-corrected chi connectivity index (χ2v) is 22.3. The molecular weight excluding hydrogens is 847 g/mol. The summed E-state index contributed by atoms with van der Waals surface area (Å²) in [6.45, 7) is 4.22. The molecule has 5 nitrogen and oxygen atoms in total. The average molecular weight is 975 g/mol. The summed E-state index contributed by atoms with van der Waals surface area (Å²) in [4.78, 5) is 12.5. The molecule has 3 atom stereocenters. The third-order valence-electron chi connectivity index (χ3n) is 15.4. The zero-order valence-corrected chi connectivity index (χ0v) is 47.2. The van der Waals surface area contributed by atoms with Crippen LogP contribution in [0.15, 0.2) is 12.2 Å². The summed E-state index contributed by atoms with van der Waals surface area (Å²) >= 11 is 0. The van der Waals surface area contributed by atoms with E-state index in [9.17, 15) is 20.1 Å². The largest absolute Gasteiger partial charge is 0.394 e. The fourth-order valence-electron chi connectivity index (χ4n) is 10.5. The first kappa shape index (κ1) is 68.1. The van der Waals surface area contributed by atoms with Crippen molar-refractivity contribution in [2.75, 3.05) is 6.61 Å². The van der Waals surface area contributed by atoms with E-state index in [1.54, 1.807) is 0 Å². The number of carbonyl (C=O) groups is 1. The number of allylic oxidation sites excluding steroid dienone is 2. The highest BCUT2D eigenvalue weighted by molar-refractivity contribution is 5.76. The van der Waals surface area contributed by atoms with E-state index in [4.69, 9.17) is 0 Å². The smallest absolute Gasteiger partial charge is 0.220 e. The molecule has 69 heavy (non-hydrogen) atoms. The van der Waals surface area contributed by atoms with Crippen molar-refractivity contribution in [2.45, 2.75) is 385 Å². The lowest BCUT2D eigenvalue weighted by molar-refractivity contribution is -0.124. The van der Waals surface area contributed by atoms with Gasteiger partial charge in [-0.05, 0) is 38.5 Å². The third-order valence-corrected chi connectivity index (χ3v) is 15.4. The number of hydrogen-bond donors (Lipinski definition) is 4. The van der Waals surface area contributed by atoms with Crippen molar-refractivity contribution in [1.29, 1.82) is 0 Å². The lowest BCUT2D eigenvalue weighted by Crippen LogP contribution is -2.50. The molecule has 0 radical (unpaired) electrons. The Morgan fingerprint density at radius 3 is 0.841 bits per heavy atom. The Labute approximate surface area is 433 Å².